The van der Waals surface area contributed by atoms with E-state index in [-0.39, 0.29) is 12.5 Å². The van der Waals surface area contributed by atoms with E-state index in [1.165, 1.54) is 4.90 Å². The number of alkyl halides is 3. The lowest BCUT2D eigenvalue weighted by molar-refractivity contribution is -0.136. The molecule has 1 aromatic carbocycles. The maximum absolute atomic E-state index is 12.6. The SMILES string of the molecule is O=C(c1cccc2cn[nH]c12)N(CCC(F)(F)F)CC1CC1. The van der Waals surface area contributed by atoms with Crippen LogP contribution in [0.1, 0.15) is 29.6 Å². The van der Waals surface area contributed by atoms with Crippen molar-refractivity contribution in [3.63, 3.8) is 0 Å². The first-order valence-corrected chi connectivity index (χ1v) is 7.22. The van der Waals surface area contributed by atoms with E-state index in [2.05, 4.69) is 10.2 Å². The number of hydrogen-bond donors (Lipinski definition) is 1. The molecule has 4 nitrogen and oxygen atoms in total. The summed E-state index contributed by atoms with van der Waals surface area (Å²) in [6, 6.07) is 5.14. The minimum absolute atomic E-state index is 0.302. The maximum Gasteiger partial charge on any atom is 0.390 e. The molecular formula is C15H16F3N3O. The lowest BCUT2D eigenvalue weighted by Gasteiger charge is -2.23. The number of carbonyl (C=O) groups is 1. The molecule has 1 aliphatic rings. The third-order valence-electron chi connectivity index (χ3n) is 3.84. The van der Waals surface area contributed by atoms with E-state index >= 15 is 0 Å². The van der Waals surface area contributed by atoms with Crippen molar-refractivity contribution in [3.05, 3.63) is 30.0 Å². The summed E-state index contributed by atoms with van der Waals surface area (Å²) >= 11 is 0. The number of amides is 1. The Morgan fingerprint density at radius 3 is 2.82 bits per heavy atom. The lowest BCUT2D eigenvalue weighted by atomic mass is 10.1. The van der Waals surface area contributed by atoms with Crippen LogP contribution in [0.3, 0.4) is 0 Å². The summed E-state index contributed by atoms with van der Waals surface area (Å²) < 4.78 is 37.5. The number of rotatable bonds is 5. The molecule has 1 heterocycles. The highest BCUT2D eigenvalue weighted by Gasteiger charge is 2.32. The number of nitrogens with one attached hydrogen (secondary N) is 1. The highest BCUT2D eigenvalue weighted by Crippen LogP contribution is 2.31. The van der Waals surface area contributed by atoms with Crippen LogP contribution in [0.4, 0.5) is 13.2 Å². The van der Waals surface area contributed by atoms with Gasteiger partial charge in [0, 0.05) is 18.5 Å². The Hall–Kier alpha value is -2.05. The van der Waals surface area contributed by atoms with E-state index in [9.17, 15) is 18.0 Å². The number of halogens is 3. The predicted octanol–water partition coefficient (Wildman–Crippen LogP) is 3.37. The number of aromatic amines is 1. The molecule has 1 aliphatic carbocycles. The summed E-state index contributed by atoms with van der Waals surface area (Å²) in [4.78, 5) is 14.0. The van der Waals surface area contributed by atoms with E-state index in [1.807, 2.05) is 0 Å². The van der Waals surface area contributed by atoms with Gasteiger partial charge in [0.2, 0.25) is 0 Å². The van der Waals surface area contributed by atoms with E-state index in [0.29, 0.717) is 23.5 Å². The summed E-state index contributed by atoms with van der Waals surface area (Å²) in [6.45, 7) is 0.0861. The Balaban J connectivity index is 1.82. The first-order chi connectivity index (χ1) is 10.4. The van der Waals surface area contributed by atoms with Crippen molar-refractivity contribution in [1.82, 2.24) is 15.1 Å². The fraction of sp³-hybridized carbons (Fsp3) is 0.467. The second kappa shape index (κ2) is 5.62. The zero-order valence-corrected chi connectivity index (χ0v) is 11.9. The van der Waals surface area contributed by atoms with Gasteiger partial charge in [-0.25, -0.2) is 0 Å². The summed E-state index contributed by atoms with van der Waals surface area (Å²) in [6.07, 6.45) is -1.70. The minimum atomic E-state index is -4.26. The lowest BCUT2D eigenvalue weighted by Crippen LogP contribution is -2.36. The normalized spacial score (nSPS) is 15.2. The first kappa shape index (κ1) is 14.9. The van der Waals surface area contributed by atoms with Crippen LogP contribution in [0.5, 0.6) is 0 Å². The first-order valence-electron chi connectivity index (χ1n) is 7.22. The van der Waals surface area contributed by atoms with Crippen LogP contribution in [0.2, 0.25) is 0 Å². The number of nitrogens with zero attached hydrogens (tertiary/aromatic N) is 2. The monoisotopic (exact) mass is 311 g/mol. The van der Waals surface area contributed by atoms with Crippen molar-refractivity contribution in [2.24, 2.45) is 5.92 Å². The molecule has 0 spiro atoms. The van der Waals surface area contributed by atoms with Gasteiger partial charge in [-0.3, -0.25) is 9.89 Å². The molecule has 3 rings (SSSR count). The van der Waals surface area contributed by atoms with E-state index in [0.717, 1.165) is 18.2 Å². The van der Waals surface area contributed by atoms with Crippen LogP contribution < -0.4 is 0 Å². The average Bonchev–Trinajstić information content (AvgIpc) is 3.15. The molecule has 1 aromatic heterocycles. The Morgan fingerprint density at radius 1 is 1.36 bits per heavy atom. The summed E-state index contributed by atoms with van der Waals surface area (Å²) in [5, 5.41) is 7.40. The van der Waals surface area contributed by atoms with Crippen molar-refractivity contribution in [2.75, 3.05) is 13.1 Å². The summed E-state index contributed by atoms with van der Waals surface area (Å²) in [7, 11) is 0. The molecule has 0 bridgehead atoms. The van der Waals surface area contributed by atoms with E-state index < -0.39 is 12.6 Å². The number of aromatic nitrogens is 2. The zero-order chi connectivity index (χ0) is 15.7. The van der Waals surface area contributed by atoms with Crippen molar-refractivity contribution in [3.8, 4) is 0 Å². The van der Waals surface area contributed by atoms with Crippen molar-refractivity contribution < 1.29 is 18.0 Å². The molecule has 1 fully saturated rings. The summed E-state index contributed by atoms with van der Waals surface area (Å²) in [5.74, 6) is -0.0378. The third kappa shape index (κ3) is 3.40. The van der Waals surface area contributed by atoms with Gasteiger partial charge in [-0.15, -0.1) is 0 Å². The van der Waals surface area contributed by atoms with E-state index in [4.69, 9.17) is 0 Å². The van der Waals surface area contributed by atoms with Crippen LogP contribution in [0.15, 0.2) is 24.4 Å². The fourth-order valence-corrected chi connectivity index (χ4v) is 2.47. The van der Waals surface area contributed by atoms with Crippen molar-refractivity contribution >= 4 is 16.8 Å². The second-order valence-electron chi connectivity index (χ2n) is 5.70. The Labute approximate surface area is 125 Å². The van der Waals surface area contributed by atoms with Crippen LogP contribution in [0, 0.1) is 5.92 Å². The Kier molecular flexibility index (Phi) is 3.80. The number of para-hydroxylation sites is 1. The number of carbonyl (C=O) groups excluding carboxylic acids is 1. The molecule has 118 valence electrons. The smallest absolute Gasteiger partial charge is 0.338 e. The van der Waals surface area contributed by atoms with Crippen LogP contribution in [0.25, 0.3) is 10.9 Å². The number of benzene rings is 1. The second-order valence-corrected chi connectivity index (χ2v) is 5.70. The van der Waals surface area contributed by atoms with Gasteiger partial charge in [0.15, 0.2) is 0 Å². The highest BCUT2D eigenvalue weighted by molar-refractivity contribution is 6.05. The van der Waals surface area contributed by atoms with Gasteiger partial charge in [0.25, 0.3) is 5.91 Å². The van der Waals surface area contributed by atoms with Crippen LogP contribution in [-0.4, -0.2) is 40.3 Å². The number of hydrogen-bond acceptors (Lipinski definition) is 2. The molecule has 0 unspecified atom stereocenters. The topological polar surface area (TPSA) is 49.0 Å². The fourth-order valence-electron chi connectivity index (χ4n) is 2.47. The van der Waals surface area contributed by atoms with Gasteiger partial charge in [-0.1, -0.05) is 12.1 Å². The van der Waals surface area contributed by atoms with Crippen molar-refractivity contribution in [1.29, 1.82) is 0 Å². The van der Waals surface area contributed by atoms with Gasteiger partial charge >= 0.3 is 6.18 Å². The predicted molar refractivity (Wildman–Crippen MR) is 75.4 cm³/mol. The maximum atomic E-state index is 12.6. The molecule has 0 saturated heterocycles. The Morgan fingerprint density at radius 2 is 2.14 bits per heavy atom. The standard InChI is InChI=1S/C15H16F3N3O/c16-15(17,18)6-7-21(9-10-4-5-10)14(22)12-3-1-2-11-8-19-20-13(11)12/h1-3,8,10H,4-7,9H2,(H,19,20). The van der Waals surface area contributed by atoms with Crippen molar-refractivity contribution in [2.45, 2.75) is 25.4 Å². The Bertz CT molecular complexity index is 676. The zero-order valence-electron chi connectivity index (χ0n) is 11.9. The molecule has 1 N–H and O–H groups in total. The van der Waals surface area contributed by atoms with Gasteiger partial charge in [-0.2, -0.15) is 18.3 Å². The molecule has 22 heavy (non-hydrogen) atoms. The molecule has 2 aromatic rings. The third-order valence-corrected chi connectivity index (χ3v) is 3.84. The molecule has 7 heteroatoms. The van der Waals surface area contributed by atoms with Gasteiger partial charge in [0.05, 0.1) is 23.7 Å². The van der Waals surface area contributed by atoms with Gasteiger partial charge in [-0.05, 0) is 24.8 Å². The molecule has 1 saturated carbocycles. The molecule has 0 aliphatic heterocycles. The largest absolute Gasteiger partial charge is 0.390 e. The number of H-pyrrole nitrogens is 1. The quantitative estimate of drug-likeness (QED) is 0.920. The molecule has 0 radical (unpaired) electrons. The summed E-state index contributed by atoms with van der Waals surface area (Å²) in [5.41, 5.74) is 0.943. The minimum Gasteiger partial charge on any atom is -0.338 e. The van der Waals surface area contributed by atoms with Gasteiger partial charge < -0.3 is 4.90 Å². The number of fused-ring (bicyclic) bond motifs is 1. The van der Waals surface area contributed by atoms with Crippen LogP contribution >= 0.6 is 0 Å². The molecule has 1 amide bonds. The highest BCUT2D eigenvalue weighted by atomic mass is 19.4. The van der Waals surface area contributed by atoms with Gasteiger partial charge in [0.1, 0.15) is 0 Å². The average molecular weight is 311 g/mol. The molecule has 0 atom stereocenters. The van der Waals surface area contributed by atoms with Crippen LogP contribution in [-0.2, 0) is 0 Å². The molecular weight excluding hydrogens is 295 g/mol. The van der Waals surface area contributed by atoms with E-state index in [1.54, 1.807) is 24.4 Å².